The molecule has 2 aliphatic carbocycles. The van der Waals surface area contributed by atoms with Crippen molar-refractivity contribution in [2.24, 2.45) is 0 Å². The molecule has 54 heavy (non-hydrogen) atoms. The monoisotopic (exact) mass is 708 g/mol. The van der Waals surface area contributed by atoms with Crippen LogP contribution in [-0.2, 0) is 5.41 Å². The standard InChI is InChI=1S/C49H32N4S/c1-3-13-32(14-4-1)46-51-47(33-15-5-2-6-16-33)53-48(52-46)35-25-27-42-44(30-35)54-43-29-34(36-21-11-17-31-18-12-28-50-45(31)36)24-26-41(43)49(42)39-22-9-7-19-37(39)38-20-8-10-23-40(38)49/h1-23,25-30,34H,24H2. The van der Waals surface area contributed by atoms with Crippen molar-refractivity contribution < 1.29 is 0 Å². The number of hydrogen-bond acceptors (Lipinski definition) is 5. The largest absolute Gasteiger partial charge is 0.256 e. The van der Waals surface area contributed by atoms with E-state index < -0.39 is 5.41 Å². The number of aromatic nitrogens is 4. The highest BCUT2D eigenvalue weighted by molar-refractivity contribution is 8.03. The molecule has 0 fully saturated rings. The highest BCUT2D eigenvalue weighted by Gasteiger charge is 2.52. The quantitative estimate of drug-likeness (QED) is 0.182. The van der Waals surface area contributed by atoms with Gasteiger partial charge in [0.2, 0.25) is 0 Å². The molecule has 1 aliphatic heterocycles. The highest BCUT2D eigenvalue weighted by atomic mass is 32.2. The van der Waals surface area contributed by atoms with Crippen LogP contribution in [0.25, 0.3) is 56.2 Å². The zero-order valence-corrected chi connectivity index (χ0v) is 30.0. The van der Waals surface area contributed by atoms with E-state index in [1.54, 1.807) is 0 Å². The first-order chi connectivity index (χ1) is 26.8. The molecule has 0 radical (unpaired) electrons. The van der Waals surface area contributed by atoms with Crippen molar-refractivity contribution in [1.82, 2.24) is 19.9 Å². The molecular weight excluding hydrogens is 677 g/mol. The van der Waals surface area contributed by atoms with Gasteiger partial charge in [-0.3, -0.25) is 4.98 Å². The van der Waals surface area contributed by atoms with Crippen LogP contribution in [0.2, 0.25) is 0 Å². The number of rotatable bonds is 4. The Balaban J connectivity index is 1.13. The lowest BCUT2D eigenvalue weighted by Crippen LogP contribution is -2.34. The third-order valence-corrected chi connectivity index (χ3v) is 12.3. The van der Waals surface area contributed by atoms with Gasteiger partial charge in [-0.1, -0.05) is 170 Å². The molecule has 11 rings (SSSR count). The van der Waals surface area contributed by atoms with E-state index in [1.807, 2.05) is 60.4 Å². The molecule has 1 spiro atoms. The Morgan fingerprint density at radius 1 is 0.537 bits per heavy atom. The molecule has 1 unspecified atom stereocenters. The van der Waals surface area contributed by atoms with E-state index in [1.165, 1.54) is 54.1 Å². The maximum atomic E-state index is 5.11. The van der Waals surface area contributed by atoms with E-state index in [0.29, 0.717) is 17.5 Å². The van der Waals surface area contributed by atoms with Gasteiger partial charge in [0.25, 0.3) is 0 Å². The molecule has 0 saturated heterocycles. The average Bonchev–Trinajstić information content (AvgIpc) is 3.54. The van der Waals surface area contributed by atoms with Gasteiger partial charge in [0, 0.05) is 44.0 Å². The first-order valence-corrected chi connectivity index (χ1v) is 19.2. The molecule has 0 bridgehead atoms. The average molecular weight is 709 g/mol. The second-order valence-electron chi connectivity index (χ2n) is 14.1. The van der Waals surface area contributed by atoms with Crippen molar-refractivity contribution in [3.8, 4) is 45.3 Å². The van der Waals surface area contributed by atoms with E-state index in [4.69, 9.17) is 19.9 Å². The summed E-state index contributed by atoms with van der Waals surface area (Å²) >= 11 is 1.87. The van der Waals surface area contributed by atoms with Gasteiger partial charge < -0.3 is 0 Å². The third kappa shape index (κ3) is 4.71. The second kappa shape index (κ2) is 12.3. The lowest BCUT2D eigenvalue weighted by molar-refractivity contribution is 0.711. The predicted molar refractivity (Wildman–Crippen MR) is 219 cm³/mol. The summed E-state index contributed by atoms with van der Waals surface area (Å²) in [6.07, 6.45) is 7.85. The number of hydrogen-bond donors (Lipinski definition) is 0. The van der Waals surface area contributed by atoms with Crippen molar-refractivity contribution in [1.29, 1.82) is 0 Å². The minimum atomic E-state index is -0.455. The van der Waals surface area contributed by atoms with Gasteiger partial charge in [-0.2, -0.15) is 0 Å². The maximum Gasteiger partial charge on any atom is 0.164 e. The molecule has 5 heteroatoms. The topological polar surface area (TPSA) is 51.6 Å². The van der Waals surface area contributed by atoms with Crippen molar-refractivity contribution >= 4 is 22.7 Å². The van der Waals surface area contributed by atoms with E-state index >= 15 is 0 Å². The van der Waals surface area contributed by atoms with Crippen molar-refractivity contribution in [3.63, 3.8) is 0 Å². The molecule has 254 valence electrons. The Bertz CT molecular complexity index is 2730. The van der Waals surface area contributed by atoms with Crippen molar-refractivity contribution in [2.45, 2.75) is 22.6 Å². The number of benzene rings is 6. The van der Waals surface area contributed by atoms with Gasteiger partial charge in [0.05, 0.1) is 10.9 Å². The maximum absolute atomic E-state index is 5.11. The molecule has 2 aromatic heterocycles. The first kappa shape index (κ1) is 31.1. The molecule has 4 nitrogen and oxygen atoms in total. The SMILES string of the molecule is C1=C2Sc3cc(-c4nc(-c5ccccc5)nc(-c5ccccc5)n4)ccc3C3(C2=CCC1c1cccc2cccnc12)c1ccccc1-c1ccccc13. The van der Waals surface area contributed by atoms with Crippen LogP contribution >= 0.6 is 11.8 Å². The molecule has 8 aromatic rings. The molecule has 3 aliphatic rings. The number of allylic oxidation sites excluding steroid dienone is 3. The van der Waals surface area contributed by atoms with Gasteiger partial charge in [0.1, 0.15) is 0 Å². The molecule has 0 amide bonds. The lowest BCUT2D eigenvalue weighted by Gasteiger charge is -2.43. The summed E-state index contributed by atoms with van der Waals surface area (Å²) in [4.78, 5) is 22.5. The van der Waals surface area contributed by atoms with E-state index in [2.05, 4.69) is 127 Å². The summed E-state index contributed by atoms with van der Waals surface area (Å²) in [6.45, 7) is 0. The molecule has 0 saturated carbocycles. The Morgan fingerprint density at radius 2 is 1.15 bits per heavy atom. The molecule has 1 atom stereocenters. The van der Waals surface area contributed by atoms with Crippen molar-refractivity contribution in [3.05, 3.63) is 209 Å². The number of pyridine rings is 1. The molecular formula is C49H32N4S. The van der Waals surface area contributed by atoms with Crippen molar-refractivity contribution in [2.75, 3.05) is 0 Å². The highest BCUT2D eigenvalue weighted by Crippen LogP contribution is 2.65. The second-order valence-corrected chi connectivity index (χ2v) is 15.2. The summed E-state index contributed by atoms with van der Waals surface area (Å²) in [5, 5.41) is 1.17. The van der Waals surface area contributed by atoms with Gasteiger partial charge in [0.15, 0.2) is 17.5 Å². The summed E-state index contributed by atoms with van der Waals surface area (Å²) in [6, 6.07) is 56.0. The minimum Gasteiger partial charge on any atom is -0.256 e. The van der Waals surface area contributed by atoms with E-state index in [0.717, 1.165) is 28.6 Å². The van der Waals surface area contributed by atoms with Crippen LogP contribution < -0.4 is 0 Å². The number of thioether (sulfide) groups is 1. The smallest absolute Gasteiger partial charge is 0.164 e. The van der Waals surface area contributed by atoms with Crippen LogP contribution in [0.15, 0.2) is 191 Å². The van der Waals surface area contributed by atoms with Crippen LogP contribution in [-0.4, -0.2) is 19.9 Å². The summed E-state index contributed by atoms with van der Waals surface area (Å²) < 4.78 is 0. The number of nitrogens with zero attached hydrogens (tertiary/aromatic N) is 4. The Labute approximate surface area is 318 Å². The fourth-order valence-electron chi connectivity index (χ4n) is 8.83. The Kier molecular flexibility index (Phi) is 7.11. The minimum absolute atomic E-state index is 0.203. The van der Waals surface area contributed by atoms with Gasteiger partial charge in [-0.15, -0.1) is 0 Å². The Morgan fingerprint density at radius 3 is 1.83 bits per heavy atom. The van der Waals surface area contributed by atoms with Crippen LogP contribution in [0, 0.1) is 0 Å². The van der Waals surface area contributed by atoms with Gasteiger partial charge in [-0.25, -0.2) is 15.0 Å². The van der Waals surface area contributed by atoms with Crippen LogP contribution in [0.4, 0.5) is 0 Å². The lowest BCUT2D eigenvalue weighted by atomic mass is 9.65. The van der Waals surface area contributed by atoms with Crippen LogP contribution in [0.5, 0.6) is 0 Å². The number of para-hydroxylation sites is 1. The molecule has 0 N–H and O–H groups in total. The zero-order valence-electron chi connectivity index (χ0n) is 29.2. The first-order valence-electron chi connectivity index (χ1n) is 18.4. The zero-order chi connectivity index (χ0) is 35.6. The van der Waals surface area contributed by atoms with Crippen LogP contribution in [0.1, 0.15) is 34.6 Å². The Hall–Kier alpha value is -6.43. The summed E-state index contributed by atoms with van der Waals surface area (Å²) in [7, 11) is 0. The molecule has 3 heterocycles. The fraction of sp³-hybridized carbons (Fsp3) is 0.0612. The third-order valence-electron chi connectivity index (χ3n) is 11.2. The summed E-state index contributed by atoms with van der Waals surface area (Å²) in [5.74, 6) is 2.18. The van der Waals surface area contributed by atoms with Gasteiger partial charge in [-0.05, 0) is 57.5 Å². The van der Waals surface area contributed by atoms with E-state index in [9.17, 15) is 0 Å². The fourth-order valence-corrected chi connectivity index (χ4v) is 10.2. The predicted octanol–water partition coefficient (Wildman–Crippen LogP) is 11.8. The summed E-state index contributed by atoms with van der Waals surface area (Å²) in [5.41, 5.74) is 12.7. The normalized spacial score (nSPS) is 16.2. The molecule has 6 aromatic carbocycles. The number of fused-ring (bicyclic) bond motifs is 10. The van der Waals surface area contributed by atoms with Gasteiger partial charge >= 0.3 is 0 Å². The van der Waals surface area contributed by atoms with E-state index in [-0.39, 0.29) is 5.92 Å². The van der Waals surface area contributed by atoms with Crippen LogP contribution in [0.3, 0.4) is 0 Å².